The maximum atomic E-state index is 11.9. The molecule has 0 bridgehead atoms. The van der Waals surface area contributed by atoms with Gasteiger partial charge in [0.1, 0.15) is 0 Å². The molecule has 1 aromatic rings. The van der Waals surface area contributed by atoms with Gasteiger partial charge in [-0.2, -0.15) is 0 Å². The highest BCUT2D eigenvalue weighted by molar-refractivity contribution is 6.31. The average molecular weight is 311 g/mol. The number of carboxylic acids is 1. The van der Waals surface area contributed by atoms with Gasteiger partial charge in [-0.1, -0.05) is 31.4 Å². The lowest BCUT2D eigenvalue weighted by molar-refractivity contribution is 0.0698. The highest BCUT2D eigenvalue weighted by Crippen LogP contribution is 2.36. The van der Waals surface area contributed by atoms with E-state index in [2.05, 4.69) is 17.6 Å². The van der Waals surface area contributed by atoms with Gasteiger partial charge in [0.15, 0.2) is 0 Å². The fraction of sp³-hybridized carbons (Fsp3) is 0.467. The summed E-state index contributed by atoms with van der Waals surface area (Å²) in [5.74, 6) is -1.13. The summed E-state index contributed by atoms with van der Waals surface area (Å²) in [6, 6.07) is 3.95. The van der Waals surface area contributed by atoms with E-state index < -0.39 is 12.0 Å². The Morgan fingerprint density at radius 2 is 2.00 bits per heavy atom. The first kappa shape index (κ1) is 15.6. The van der Waals surface area contributed by atoms with E-state index in [0.717, 1.165) is 12.8 Å². The van der Waals surface area contributed by atoms with Gasteiger partial charge in [0.05, 0.1) is 11.3 Å². The number of carbonyl (C=O) groups is 2. The zero-order valence-corrected chi connectivity index (χ0v) is 12.7. The van der Waals surface area contributed by atoms with Crippen LogP contribution in [0.15, 0.2) is 18.2 Å². The second kappa shape index (κ2) is 6.35. The van der Waals surface area contributed by atoms with Crippen LogP contribution in [0.2, 0.25) is 5.02 Å². The van der Waals surface area contributed by atoms with Gasteiger partial charge in [0, 0.05) is 11.6 Å². The van der Waals surface area contributed by atoms with Crippen molar-refractivity contribution in [1.82, 2.24) is 5.32 Å². The van der Waals surface area contributed by atoms with Crippen LogP contribution in [0.1, 0.15) is 43.0 Å². The van der Waals surface area contributed by atoms with Crippen molar-refractivity contribution < 1.29 is 14.7 Å². The number of carbonyl (C=O) groups excluding carboxylic acids is 1. The zero-order chi connectivity index (χ0) is 15.5. The number of hydrogen-bond acceptors (Lipinski definition) is 2. The molecule has 1 saturated carbocycles. The summed E-state index contributed by atoms with van der Waals surface area (Å²) in [7, 11) is 0. The maximum absolute atomic E-state index is 11.9. The smallest absolute Gasteiger partial charge is 0.337 e. The number of amides is 2. The third-order valence-electron chi connectivity index (χ3n) is 3.95. The SMILES string of the molecule is CC1(CNC(=O)Nc2ccc(Cl)cc2C(=O)O)CCCC1. The molecule has 21 heavy (non-hydrogen) atoms. The number of hydrogen-bond donors (Lipinski definition) is 3. The summed E-state index contributed by atoms with van der Waals surface area (Å²) in [5, 5.41) is 14.8. The third kappa shape index (κ3) is 4.11. The van der Waals surface area contributed by atoms with Crippen molar-refractivity contribution in [2.75, 3.05) is 11.9 Å². The lowest BCUT2D eigenvalue weighted by Gasteiger charge is -2.23. The fourth-order valence-corrected chi connectivity index (χ4v) is 2.84. The van der Waals surface area contributed by atoms with Crippen molar-refractivity contribution in [3.8, 4) is 0 Å². The molecule has 0 unspecified atom stereocenters. The van der Waals surface area contributed by atoms with Crippen LogP contribution in [0.4, 0.5) is 10.5 Å². The zero-order valence-electron chi connectivity index (χ0n) is 11.9. The quantitative estimate of drug-likeness (QED) is 0.792. The summed E-state index contributed by atoms with van der Waals surface area (Å²) in [5.41, 5.74) is 0.359. The fourth-order valence-electron chi connectivity index (χ4n) is 2.67. The van der Waals surface area contributed by atoms with E-state index in [0.29, 0.717) is 11.6 Å². The lowest BCUT2D eigenvalue weighted by Crippen LogP contribution is -2.37. The summed E-state index contributed by atoms with van der Waals surface area (Å²) < 4.78 is 0. The molecule has 2 amide bonds. The van der Waals surface area contributed by atoms with Crippen molar-refractivity contribution in [3.05, 3.63) is 28.8 Å². The van der Waals surface area contributed by atoms with Gasteiger partial charge >= 0.3 is 12.0 Å². The number of urea groups is 1. The highest BCUT2D eigenvalue weighted by atomic mass is 35.5. The molecule has 0 spiro atoms. The molecule has 5 nitrogen and oxygen atoms in total. The summed E-state index contributed by atoms with van der Waals surface area (Å²) in [6.45, 7) is 2.75. The number of rotatable bonds is 4. The molecule has 0 radical (unpaired) electrons. The van der Waals surface area contributed by atoms with Gasteiger partial charge in [-0.15, -0.1) is 0 Å². The standard InChI is InChI=1S/C15H19ClN2O3/c1-15(6-2-3-7-15)9-17-14(21)18-12-5-4-10(16)8-11(12)13(19)20/h4-5,8H,2-3,6-7,9H2,1H3,(H,19,20)(H2,17,18,21). The highest BCUT2D eigenvalue weighted by Gasteiger charge is 2.28. The molecule has 3 N–H and O–H groups in total. The summed E-state index contributed by atoms with van der Waals surface area (Å²) in [6.07, 6.45) is 4.60. The van der Waals surface area contributed by atoms with E-state index in [-0.39, 0.29) is 16.7 Å². The minimum atomic E-state index is -1.13. The van der Waals surface area contributed by atoms with Crippen LogP contribution in [0, 0.1) is 5.41 Å². The van der Waals surface area contributed by atoms with Crippen LogP contribution in [0.25, 0.3) is 0 Å². The van der Waals surface area contributed by atoms with Crippen LogP contribution in [-0.4, -0.2) is 23.7 Å². The number of anilines is 1. The van der Waals surface area contributed by atoms with E-state index in [1.807, 2.05) is 0 Å². The first-order valence-corrected chi connectivity index (χ1v) is 7.35. The van der Waals surface area contributed by atoms with Crippen LogP contribution >= 0.6 is 11.6 Å². The Morgan fingerprint density at radius 3 is 2.62 bits per heavy atom. The van der Waals surface area contributed by atoms with Crippen LogP contribution in [0.5, 0.6) is 0 Å². The van der Waals surface area contributed by atoms with Crippen molar-refractivity contribution in [3.63, 3.8) is 0 Å². The van der Waals surface area contributed by atoms with E-state index in [4.69, 9.17) is 16.7 Å². The van der Waals surface area contributed by atoms with Gasteiger partial charge in [0.2, 0.25) is 0 Å². The van der Waals surface area contributed by atoms with E-state index in [1.54, 1.807) is 6.07 Å². The summed E-state index contributed by atoms with van der Waals surface area (Å²) >= 11 is 5.77. The van der Waals surface area contributed by atoms with Gasteiger partial charge < -0.3 is 15.7 Å². The predicted molar refractivity (Wildman–Crippen MR) is 82.0 cm³/mol. The largest absolute Gasteiger partial charge is 0.478 e. The van der Waals surface area contributed by atoms with Crippen molar-refractivity contribution in [1.29, 1.82) is 0 Å². The number of carboxylic acid groups (broad SMARTS) is 1. The molecule has 0 heterocycles. The third-order valence-corrected chi connectivity index (χ3v) is 4.18. The molecule has 0 atom stereocenters. The molecule has 1 aliphatic rings. The van der Waals surface area contributed by atoms with Gasteiger partial charge in [-0.3, -0.25) is 0 Å². The Morgan fingerprint density at radius 1 is 1.33 bits per heavy atom. The van der Waals surface area contributed by atoms with Crippen LogP contribution < -0.4 is 10.6 Å². The minimum Gasteiger partial charge on any atom is -0.478 e. The Balaban J connectivity index is 1.98. The van der Waals surface area contributed by atoms with Crippen molar-refractivity contribution >= 4 is 29.3 Å². The molecule has 1 fully saturated rings. The first-order chi connectivity index (χ1) is 9.89. The molecule has 1 aromatic carbocycles. The number of halogens is 1. The Bertz CT molecular complexity index is 554. The topological polar surface area (TPSA) is 78.4 Å². The van der Waals surface area contributed by atoms with Gasteiger partial charge in [-0.05, 0) is 36.5 Å². The van der Waals surface area contributed by atoms with Gasteiger partial charge in [0.25, 0.3) is 0 Å². The predicted octanol–water partition coefficient (Wildman–Crippen LogP) is 3.74. The van der Waals surface area contributed by atoms with E-state index >= 15 is 0 Å². The number of nitrogens with one attached hydrogen (secondary N) is 2. The second-order valence-electron chi connectivity index (χ2n) is 5.82. The van der Waals surface area contributed by atoms with E-state index in [9.17, 15) is 9.59 Å². The van der Waals surface area contributed by atoms with Crippen molar-refractivity contribution in [2.45, 2.75) is 32.6 Å². The number of aromatic carboxylic acids is 1. The molecule has 6 heteroatoms. The monoisotopic (exact) mass is 310 g/mol. The van der Waals surface area contributed by atoms with Gasteiger partial charge in [-0.25, -0.2) is 9.59 Å². The first-order valence-electron chi connectivity index (χ1n) is 6.97. The molecule has 114 valence electrons. The maximum Gasteiger partial charge on any atom is 0.337 e. The van der Waals surface area contributed by atoms with Crippen molar-refractivity contribution in [2.24, 2.45) is 5.41 Å². The summed E-state index contributed by atoms with van der Waals surface area (Å²) in [4.78, 5) is 23.1. The van der Waals surface area contributed by atoms with Crippen LogP contribution in [-0.2, 0) is 0 Å². The van der Waals surface area contributed by atoms with Crippen LogP contribution in [0.3, 0.4) is 0 Å². The molecule has 0 aromatic heterocycles. The molecular weight excluding hydrogens is 292 g/mol. The Kier molecular flexibility index (Phi) is 4.73. The molecule has 0 saturated heterocycles. The average Bonchev–Trinajstić information content (AvgIpc) is 2.86. The van der Waals surface area contributed by atoms with E-state index in [1.165, 1.54) is 25.0 Å². The Labute approximate surface area is 128 Å². The molecule has 1 aliphatic carbocycles. The normalized spacial score (nSPS) is 16.5. The molecule has 2 rings (SSSR count). The lowest BCUT2D eigenvalue weighted by atomic mass is 9.89. The Hall–Kier alpha value is -1.75. The second-order valence-corrected chi connectivity index (χ2v) is 6.26. The number of benzene rings is 1. The molecular formula is C15H19ClN2O3. The minimum absolute atomic E-state index is 0.0234. The molecule has 0 aliphatic heterocycles.